The zero-order valence-corrected chi connectivity index (χ0v) is 14.5. The van der Waals surface area contributed by atoms with Crippen molar-refractivity contribution >= 4 is 5.97 Å². The summed E-state index contributed by atoms with van der Waals surface area (Å²) in [6.45, 7) is 2.82. The quantitative estimate of drug-likeness (QED) is 0.887. The molecule has 0 radical (unpaired) electrons. The fourth-order valence-electron chi connectivity index (χ4n) is 4.06. The molecule has 0 amide bonds. The van der Waals surface area contributed by atoms with Gasteiger partial charge in [0.2, 0.25) is 0 Å². The lowest BCUT2D eigenvalue weighted by Crippen LogP contribution is -2.45. The zero-order chi connectivity index (χ0) is 18.1. The molecule has 1 saturated heterocycles. The summed E-state index contributed by atoms with van der Waals surface area (Å²) in [5.41, 5.74) is 1.60. The molecule has 1 spiro atoms. The van der Waals surface area contributed by atoms with Gasteiger partial charge in [0, 0.05) is 32.0 Å². The topological polar surface area (TPSA) is 67.6 Å². The molecule has 0 bridgehead atoms. The molecule has 7 heteroatoms. The SMILES string of the molecule is O=C(O)C(CN1CCC2(CC1)OCc1ccc(F)cc12)Cn1cccn1. The average Bonchev–Trinajstić information content (AvgIpc) is 3.25. The first-order valence-corrected chi connectivity index (χ1v) is 8.91. The van der Waals surface area contributed by atoms with E-state index < -0.39 is 17.5 Å². The van der Waals surface area contributed by atoms with E-state index in [2.05, 4.69) is 10.00 Å². The van der Waals surface area contributed by atoms with Crippen molar-refractivity contribution in [2.75, 3.05) is 19.6 Å². The number of hydrogen-bond acceptors (Lipinski definition) is 4. The molecule has 1 N–H and O–H groups in total. The highest BCUT2D eigenvalue weighted by atomic mass is 19.1. The Morgan fingerprint density at radius 3 is 2.85 bits per heavy atom. The predicted octanol–water partition coefficient (Wildman–Crippen LogP) is 2.24. The highest BCUT2D eigenvalue weighted by molar-refractivity contribution is 5.70. The molecule has 138 valence electrons. The zero-order valence-electron chi connectivity index (χ0n) is 14.5. The number of rotatable bonds is 5. The van der Waals surface area contributed by atoms with Crippen LogP contribution in [0.4, 0.5) is 4.39 Å². The second kappa shape index (κ2) is 6.81. The average molecular weight is 359 g/mol. The van der Waals surface area contributed by atoms with E-state index >= 15 is 0 Å². The number of piperidine rings is 1. The van der Waals surface area contributed by atoms with Crippen molar-refractivity contribution in [2.45, 2.75) is 31.6 Å². The third-order valence-corrected chi connectivity index (χ3v) is 5.52. The number of fused-ring (bicyclic) bond motifs is 2. The van der Waals surface area contributed by atoms with Gasteiger partial charge in [-0.1, -0.05) is 6.07 Å². The minimum absolute atomic E-state index is 0.235. The van der Waals surface area contributed by atoms with E-state index in [-0.39, 0.29) is 5.82 Å². The van der Waals surface area contributed by atoms with Gasteiger partial charge < -0.3 is 14.7 Å². The third-order valence-electron chi connectivity index (χ3n) is 5.52. The van der Waals surface area contributed by atoms with Crippen molar-refractivity contribution in [2.24, 2.45) is 5.92 Å². The van der Waals surface area contributed by atoms with E-state index in [1.807, 2.05) is 0 Å². The maximum absolute atomic E-state index is 13.7. The summed E-state index contributed by atoms with van der Waals surface area (Å²) < 4.78 is 21.4. The number of benzene rings is 1. The minimum atomic E-state index is -0.815. The number of halogens is 1. The lowest BCUT2D eigenvalue weighted by Gasteiger charge is -2.40. The van der Waals surface area contributed by atoms with Gasteiger partial charge in [-0.2, -0.15) is 5.10 Å². The number of ether oxygens (including phenoxy) is 1. The first-order chi connectivity index (χ1) is 12.6. The molecule has 6 nitrogen and oxygen atoms in total. The standard InChI is InChI=1S/C19H22FN3O3/c20-16-3-2-14-13-26-19(17(14)10-16)4-8-22(9-5-19)11-15(18(24)25)12-23-7-1-6-21-23/h1-3,6-7,10,15H,4-5,8-9,11-13H2,(H,24,25). The van der Waals surface area contributed by atoms with E-state index in [0.29, 0.717) is 19.7 Å². The molecule has 0 saturated carbocycles. The Kier molecular flexibility index (Phi) is 4.50. The normalized spacial score (nSPS) is 20.2. The Hall–Kier alpha value is -2.25. The third kappa shape index (κ3) is 3.24. The van der Waals surface area contributed by atoms with Crippen LogP contribution in [0.15, 0.2) is 36.7 Å². The molecule has 2 aliphatic heterocycles. The molecule has 1 aromatic heterocycles. The van der Waals surface area contributed by atoms with Crippen LogP contribution in [0.2, 0.25) is 0 Å². The van der Waals surface area contributed by atoms with Crippen LogP contribution in [0.5, 0.6) is 0 Å². The van der Waals surface area contributed by atoms with E-state index in [4.69, 9.17) is 4.74 Å². The monoisotopic (exact) mass is 359 g/mol. The van der Waals surface area contributed by atoms with Gasteiger partial charge >= 0.3 is 5.97 Å². The maximum atomic E-state index is 13.7. The van der Waals surface area contributed by atoms with Gasteiger partial charge in [0.1, 0.15) is 5.82 Å². The van der Waals surface area contributed by atoms with Crippen molar-refractivity contribution in [1.82, 2.24) is 14.7 Å². The molecule has 26 heavy (non-hydrogen) atoms. The molecular weight excluding hydrogens is 337 g/mol. The highest BCUT2D eigenvalue weighted by Gasteiger charge is 2.43. The van der Waals surface area contributed by atoms with Crippen molar-refractivity contribution in [3.8, 4) is 0 Å². The number of carboxylic acid groups (broad SMARTS) is 1. The number of carbonyl (C=O) groups is 1. The molecule has 1 atom stereocenters. The van der Waals surface area contributed by atoms with Crippen LogP contribution < -0.4 is 0 Å². The van der Waals surface area contributed by atoms with E-state index in [1.165, 1.54) is 6.07 Å². The summed E-state index contributed by atoms with van der Waals surface area (Å²) in [6, 6.07) is 6.66. The van der Waals surface area contributed by atoms with E-state index in [9.17, 15) is 14.3 Å². The van der Waals surface area contributed by atoms with Crippen LogP contribution in [-0.4, -0.2) is 45.4 Å². The number of nitrogens with zero attached hydrogens (tertiary/aromatic N) is 3. The van der Waals surface area contributed by atoms with Crippen molar-refractivity contribution in [1.29, 1.82) is 0 Å². The number of hydrogen-bond donors (Lipinski definition) is 1. The molecule has 1 fully saturated rings. The summed E-state index contributed by atoms with van der Waals surface area (Å²) in [4.78, 5) is 13.8. The van der Waals surface area contributed by atoms with Crippen LogP contribution in [0.1, 0.15) is 24.0 Å². The molecule has 3 heterocycles. The molecule has 1 aromatic carbocycles. The Balaban J connectivity index is 1.41. The Morgan fingerprint density at radius 1 is 1.35 bits per heavy atom. The minimum Gasteiger partial charge on any atom is -0.481 e. The molecule has 4 rings (SSSR count). The summed E-state index contributed by atoms with van der Waals surface area (Å²) in [5, 5.41) is 13.6. The fourth-order valence-corrected chi connectivity index (χ4v) is 4.06. The summed E-state index contributed by atoms with van der Waals surface area (Å²) in [5.74, 6) is -1.57. The van der Waals surface area contributed by atoms with Gasteiger partial charge in [0.05, 0.1) is 24.7 Å². The highest BCUT2D eigenvalue weighted by Crippen LogP contribution is 2.44. The summed E-state index contributed by atoms with van der Waals surface area (Å²) in [6.07, 6.45) is 4.92. The first-order valence-electron chi connectivity index (χ1n) is 8.91. The Bertz CT molecular complexity index is 785. The van der Waals surface area contributed by atoms with E-state index in [0.717, 1.165) is 37.1 Å². The molecular formula is C19H22FN3O3. The molecule has 1 unspecified atom stereocenters. The second-order valence-corrected chi connectivity index (χ2v) is 7.15. The van der Waals surface area contributed by atoms with Crippen molar-refractivity contribution in [3.05, 3.63) is 53.6 Å². The number of carboxylic acids is 1. The second-order valence-electron chi connectivity index (χ2n) is 7.15. The van der Waals surface area contributed by atoms with E-state index in [1.54, 1.807) is 35.3 Å². The predicted molar refractivity (Wildman–Crippen MR) is 91.9 cm³/mol. The maximum Gasteiger partial charge on any atom is 0.309 e. The Labute approximate surface area is 151 Å². The summed E-state index contributed by atoms with van der Waals surface area (Å²) in [7, 11) is 0. The largest absolute Gasteiger partial charge is 0.481 e. The molecule has 2 aliphatic rings. The lowest BCUT2D eigenvalue weighted by molar-refractivity contribution is -0.143. The van der Waals surface area contributed by atoms with Gasteiger partial charge in [-0.3, -0.25) is 9.48 Å². The van der Waals surface area contributed by atoms with Crippen LogP contribution >= 0.6 is 0 Å². The van der Waals surface area contributed by atoms with Crippen molar-refractivity contribution < 1.29 is 19.0 Å². The van der Waals surface area contributed by atoms with Gasteiger partial charge in [-0.15, -0.1) is 0 Å². The number of likely N-dealkylation sites (tertiary alicyclic amines) is 1. The van der Waals surface area contributed by atoms with Gasteiger partial charge in [0.25, 0.3) is 0 Å². The van der Waals surface area contributed by atoms with Crippen LogP contribution in [0, 0.1) is 11.7 Å². The van der Waals surface area contributed by atoms with Gasteiger partial charge in [-0.05, 0) is 42.2 Å². The van der Waals surface area contributed by atoms with Crippen LogP contribution in [0.3, 0.4) is 0 Å². The van der Waals surface area contributed by atoms with Gasteiger partial charge in [-0.25, -0.2) is 4.39 Å². The van der Waals surface area contributed by atoms with Crippen LogP contribution in [0.25, 0.3) is 0 Å². The molecule has 0 aliphatic carbocycles. The number of aromatic nitrogens is 2. The van der Waals surface area contributed by atoms with Crippen LogP contribution in [-0.2, 0) is 28.3 Å². The van der Waals surface area contributed by atoms with Gasteiger partial charge in [0.15, 0.2) is 0 Å². The smallest absolute Gasteiger partial charge is 0.309 e. The fraction of sp³-hybridized carbons (Fsp3) is 0.474. The summed E-state index contributed by atoms with van der Waals surface area (Å²) >= 11 is 0. The van der Waals surface area contributed by atoms with Crippen molar-refractivity contribution in [3.63, 3.8) is 0 Å². The Morgan fingerprint density at radius 2 is 2.15 bits per heavy atom. The number of aliphatic carboxylic acids is 1. The first kappa shape index (κ1) is 17.2. The lowest BCUT2D eigenvalue weighted by atomic mass is 9.83. The molecule has 2 aromatic rings.